The molecule has 0 aliphatic carbocycles. The third kappa shape index (κ3) is 5.47. The number of ether oxygens (including phenoxy) is 1. The zero-order valence-electron chi connectivity index (χ0n) is 20.6. The van der Waals surface area contributed by atoms with Gasteiger partial charge in [0.05, 0.1) is 24.6 Å². The van der Waals surface area contributed by atoms with Crippen molar-refractivity contribution in [3.63, 3.8) is 0 Å². The van der Waals surface area contributed by atoms with E-state index in [9.17, 15) is 9.90 Å². The maximum atomic E-state index is 13.1. The molecule has 1 aromatic heterocycles. The minimum Gasteiger partial charge on any atom is -0.392 e. The molecule has 0 radical (unpaired) electrons. The first kappa shape index (κ1) is 24.5. The van der Waals surface area contributed by atoms with Gasteiger partial charge in [0.15, 0.2) is 5.82 Å². The lowest BCUT2D eigenvalue weighted by atomic mass is 9.96. The van der Waals surface area contributed by atoms with Gasteiger partial charge in [-0.15, -0.1) is 0 Å². The third-order valence-corrected chi connectivity index (χ3v) is 6.92. The van der Waals surface area contributed by atoms with E-state index < -0.39 is 0 Å². The topological polar surface area (TPSA) is 99.6 Å². The number of carbonyl (C=O) groups excluding carboxylic acids is 1. The van der Waals surface area contributed by atoms with Crippen LogP contribution in [0.3, 0.4) is 0 Å². The minimum atomic E-state index is -0.174. The van der Waals surface area contributed by atoms with Gasteiger partial charge in [-0.2, -0.15) is 0 Å². The average molecular weight is 488 g/mol. The molecule has 0 saturated carbocycles. The molecular weight excluding hydrogens is 454 g/mol. The van der Waals surface area contributed by atoms with Crippen molar-refractivity contribution in [1.82, 2.24) is 20.6 Å². The fraction of sp³-hybridized carbons (Fsp3) is 0.393. The second-order valence-corrected chi connectivity index (χ2v) is 9.40. The summed E-state index contributed by atoms with van der Waals surface area (Å²) in [5, 5.41) is 16.3. The van der Waals surface area contributed by atoms with Gasteiger partial charge in [0.2, 0.25) is 5.91 Å². The van der Waals surface area contributed by atoms with Gasteiger partial charge < -0.3 is 25.4 Å². The number of nitrogens with zero attached hydrogens (tertiary/aromatic N) is 3. The van der Waals surface area contributed by atoms with Crippen LogP contribution in [0.5, 0.6) is 0 Å². The zero-order chi connectivity index (χ0) is 24.9. The van der Waals surface area contributed by atoms with E-state index in [1.54, 1.807) is 4.90 Å². The summed E-state index contributed by atoms with van der Waals surface area (Å²) < 4.78 is 6.00. The highest BCUT2D eigenvalue weighted by Crippen LogP contribution is 2.30. The fourth-order valence-electron chi connectivity index (χ4n) is 4.82. The van der Waals surface area contributed by atoms with Crippen molar-refractivity contribution in [1.29, 1.82) is 0 Å². The summed E-state index contributed by atoms with van der Waals surface area (Å²) in [6, 6.07) is 17.6. The average Bonchev–Trinajstić information content (AvgIpc) is 2.97. The van der Waals surface area contributed by atoms with E-state index >= 15 is 0 Å². The highest BCUT2D eigenvalue weighted by Gasteiger charge is 2.25. The number of piperidine rings is 1. The minimum absolute atomic E-state index is 0.0461. The van der Waals surface area contributed by atoms with Crippen LogP contribution in [0.25, 0.3) is 22.6 Å². The van der Waals surface area contributed by atoms with Crippen LogP contribution in [0.1, 0.15) is 30.2 Å². The van der Waals surface area contributed by atoms with Crippen molar-refractivity contribution in [2.45, 2.75) is 25.6 Å². The van der Waals surface area contributed by atoms with Gasteiger partial charge in [0.1, 0.15) is 6.10 Å². The first-order valence-corrected chi connectivity index (χ1v) is 12.6. The zero-order valence-corrected chi connectivity index (χ0v) is 20.6. The van der Waals surface area contributed by atoms with Crippen LogP contribution in [0.2, 0.25) is 0 Å². The molecule has 0 bridgehead atoms. The van der Waals surface area contributed by atoms with Crippen LogP contribution < -0.4 is 15.5 Å². The number of rotatable bonds is 6. The fourth-order valence-corrected chi connectivity index (χ4v) is 4.82. The van der Waals surface area contributed by atoms with Crippen LogP contribution in [-0.2, 0) is 16.1 Å². The van der Waals surface area contributed by atoms with Gasteiger partial charge in [-0.25, -0.2) is 9.97 Å². The van der Waals surface area contributed by atoms with Crippen molar-refractivity contribution < 1.29 is 14.6 Å². The molecule has 2 fully saturated rings. The van der Waals surface area contributed by atoms with E-state index in [2.05, 4.69) is 10.6 Å². The monoisotopic (exact) mass is 487 g/mol. The molecular formula is C28H33N5O3. The summed E-state index contributed by atoms with van der Waals surface area (Å²) in [5.74, 6) is 0.781. The number of nitrogens with one attached hydrogen (secondary N) is 2. The second kappa shape index (κ2) is 11.3. The molecule has 2 saturated heterocycles. The number of hydrogen-bond acceptors (Lipinski definition) is 7. The summed E-state index contributed by atoms with van der Waals surface area (Å²) in [4.78, 5) is 24.6. The first-order chi connectivity index (χ1) is 17.6. The lowest BCUT2D eigenvalue weighted by Gasteiger charge is -2.27. The molecule has 2 aliphatic rings. The van der Waals surface area contributed by atoms with Crippen LogP contribution in [0, 0.1) is 5.92 Å². The van der Waals surface area contributed by atoms with E-state index in [-0.39, 0.29) is 24.5 Å². The summed E-state index contributed by atoms with van der Waals surface area (Å²) in [6.07, 6.45) is 1.56. The van der Waals surface area contributed by atoms with Crippen LogP contribution in [0.15, 0.2) is 54.6 Å². The Morgan fingerprint density at radius 1 is 1.03 bits per heavy atom. The second-order valence-electron chi connectivity index (χ2n) is 9.40. The van der Waals surface area contributed by atoms with Crippen LogP contribution in [0.4, 0.5) is 5.69 Å². The SMILES string of the molecule is CN(C(=O)C1CCNCC1)c1cccc(-c2cc(C3CNCCO3)nc(-c3cccc(CO)c3)n2)c1. The molecule has 36 heavy (non-hydrogen) atoms. The number of aliphatic hydroxyl groups excluding tert-OH is 1. The standard InChI is InChI=1S/C28H33N5O3/c1-33(28(35)20-8-10-29-11-9-20)23-7-3-5-21(15-23)24-16-25(26-17-30-12-13-36-26)32-27(31-24)22-6-2-4-19(14-22)18-34/h2-7,14-16,20,26,29-30,34H,8-13,17-18H2,1H3. The molecule has 2 aliphatic heterocycles. The van der Waals surface area contributed by atoms with Gasteiger partial charge in [-0.3, -0.25) is 4.79 Å². The van der Waals surface area contributed by atoms with E-state index in [0.29, 0.717) is 19.0 Å². The largest absolute Gasteiger partial charge is 0.392 e. The molecule has 188 valence electrons. The number of carbonyl (C=O) groups is 1. The molecule has 5 rings (SSSR count). The number of morpholine rings is 1. The molecule has 1 atom stereocenters. The number of aliphatic hydroxyl groups is 1. The number of anilines is 1. The van der Waals surface area contributed by atoms with Gasteiger partial charge in [0.25, 0.3) is 0 Å². The lowest BCUT2D eigenvalue weighted by molar-refractivity contribution is -0.122. The molecule has 2 aromatic carbocycles. The Balaban J connectivity index is 1.51. The van der Waals surface area contributed by atoms with Gasteiger partial charge in [0, 0.05) is 42.9 Å². The lowest BCUT2D eigenvalue weighted by Crippen LogP contribution is -2.39. The predicted octanol–water partition coefficient (Wildman–Crippen LogP) is 2.93. The summed E-state index contributed by atoms with van der Waals surface area (Å²) in [5.41, 5.74) is 4.96. The van der Waals surface area contributed by atoms with E-state index in [4.69, 9.17) is 14.7 Å². The molecule has 1 unspecified atom stereocenters. The van der Waals surface area contributed by atoms with Crippen LogP contribution in [-0.4, -0.2) is 60.8 Å². The Kier molecular flexibility index (Phi) is 7.67. The molecule has 1 amide bonds. The van der Waals surface area contributed by atoms with Crippen molar-refractivity contribution >= 4 is 11.6 Å². The Labute approximate surface area is 211 Å². The summed E-state index contributed by atoms with van der Waals surface area (Å²) in [6.45, 7) is 3.84. The molecule has 3 heterocycles. The summed E-state index contributed by atoms with van der Waals surface area (Å²) >= 11 is 0. The van der Waals surface area contributed by atoms with Crippen molar-refractivity contribution in [3.8, 4) is 22.6 Å². The quantitative estimate of drug-likeness (QED) is 0.492. The molecule has 8 heteroatoms. The number of aromatic nitrogens is 2. The van der Waals surface area contributed by atoms with Gasteiger partial charge in [-0.1, -0.05) is 30.3 Å². The molecule has 8 nitrogen and oxygen atoms in total. The Hall–Kier alpha value is -3.17. The van der Waals surface area contributed by atoms with Gasteiger partial charge in [-0.05, 0) is 55.8 Å². The molecule has 3 aromatic rings. The highest BCUT2D eigenvalue weighted by atomic mass is 16.5. The number of amides is 1. The third-order valence-electron chi connectivity index (χ3n) is 6.92. The smallest absolute Gasteiger partial charge is 0.229 e. The predicted molar refractivity (Wildman–Crippen MR) is 139 cm³/mol. The molecule has 3 N–H and O–H groups in total. The Morgan fingerprint density at radius 2 is 1.83 bits per heavy atom. The van der Waals surface area contributed by atoms with Crippen LogP contribution >= 0.6 is 0 Å². The van der Waals surface area contributed by atoms with Crippen molar-refractivity contribution in [2.24, 2.45) is 5.92 Å². The van der Waals surface area contributed by atoms with E-state index in [0.717, 1.165) is 66.2 Å². The molecule has 0 spiro atoms. The first-order valence-electron chi connectivity index (χ1n) is 12.6. The summed E-state index contributed by atoms with van der Waals surface area (Å²) in [7, 11) is 1.85. The Bertz CT molecular complexity index is 1210. The number of hydrogen-bond donors (Lipinski definition) is 3. The normalized spacial score (nSPS) is 18.7. The van der Waals surface area contributed by atoms with Crippen molar-refractivity contribution in [3.05, 3.63) is 65.9 Å². The maximum Gasteiger partial charge on any atom is 0.229 e. The highest BCUT2D eigenvalue weighted by molar-refractivity contribution is 5.95. The maximum absolute atomic E-state index is 13.1. The Morgan fingerprint density at radius 3 is 2.61 bits per heavy atom. The number of benzene rings is 2. The van der Waals surface area contributed by atoms with Crippen molar-refractivity contribution in [2.75, 3.05) is 44.7 Å². The van der Waals surface area contributed by atoms with E-state index in [1.165, 1.54) is 0 Å². The van der Waals surface area contributed by atoms with Gasteiger partial charge >= 0.3 is 0 Å². The van der Waals surface area contributed by atoms with E-state index in [1.807, 2.05) is 61.6 Å².